The highest BCUT2D eigenvalue weighted by Gasteiger charge is 2.38. The van der Waals surface area contributed by atoms with Crippen LogP contribution in [0.25, 0.3) is 0 Å². The van der Waals surface area contributed by atoms with E-state index in [1.807, 2.05) is 6.92 Å². The Kier molecular flexibility index (Phi) is 5.46. The fourth-order valence-corrected chi connectivity index (χ4v) is 2.18. The van der Waals surface area contributed by atoms with Crippen LogP contribution in [0.15, 0.2) is 24.3 Å². The van der Waals surface area contributed by atoms with Crippen molar-refractivity contribution in [3.8, 4) is 0 Å². The van der Waals surface area contributed by atoms with Crippen LogP contribution in [-0.4, -0.2) is 35.3 Å². The number of imide groups is 1. The summed E-state index contributed by atoms with van der Waals surface area (Å²) in [6, 6.07) is 6.20. The predicted octanol–water partition coefficient (Wildman–Crippen LogP) is 1.44. The van der Waals surface area contributed by atoms with Crippen LogP contribution in [-0.2, 0) is 14.4 Å². The van der Waals surface area contributed by atoms with E-state index in [1.54, 1.807) is 12.1 Å². The van der Waals surface area contributed by atoms with Crippen molar-refractivity contribution in [3.05, 3.63) is 35.4 Å². The Hall–Kier alpha value is -2.70. The molecule has 23 heavy (non-hydrogen) atoms. The fourth-order valence-electron chi connectivity index (χ4n) is 2.18. The van der Waals surface area contributed by atoms with Crippen molar-refractivity contribution >= 4 is 23.7 Å². The van der Waals surface area contributed by atoms with E-state index < -0.39 is 24.3 Å². The van der Waals surface area contributed by atoms with E-state index >= 15 is 0 Å². The molecule has 3 amide bonds. The van der Waals surface area contributed by atoms with Crippen molar-refractivity contribution in [2.24, 2.45) is 0 Å². The summed E-state index contributed by atoms with van der Waals surface area (Å²) in [5.74, 6) is -2.51. The minimum absolute atomic E-state index is 0.189. The van der Waals surface area contributed by atoms with Gasteiger partial charge >= 0.3 is 5.97 Å². The van der Waals surface area contributed by atoms with Crippen molar-refractivity contribution in [1.29, 1.82) is 0 Å². The fraction of sp³-hybridized carbons (Fsp3) is 0.375. The molecule has 1 aromatic carbocycles. The number of rotatable bonds is 7. The van der Waals surface area contributed by atoms with E-state index in [0.29, 0.717) is 11.5 Å². The van der Waals surface area contributed by atoms with Crippen LogP contribution >= 0.6 is 0 Å². The highest BCUT2D eigenvalue weighted by molar-refractivity contribution is 6.20. The molecule has 0 spiro atoms. The molecular weight excluding hydrogens is 300 g/mol. The molecule has 0 saturated heterocycles. The maximum Gasteiger partial charge on any atom is 0.352 e. The van der Waals surface area contributed by atoms with Crippen LogP contribution in [0, 0.1) is 0 Å². The smallest absolute Gasteiger partial charge is 0.345 e. The summed E-state index contributed by atoms with van der Waals surface area (Å²) in [6.45, 7) is 1.63. The number of nitrogens with zero attached hydrogens (tertiary/aromatic N) is 1. The summed E-state index contributed by atoms with van der Waals surface area (Å²) in [5.41, 5.74) is 0.378. The van der Waals surface area contributed by atoms with Gasteiger partial charge in [0.1, 0.15) is 6.54 Å². The minimum Gasteiger partial charge on any atom is -0.345 e. The van der Waals surface area contributed by atoms with Crippen LogP contribution in [0.2, 0.25) is 0 Å². The standard InChI is InChI=1S/C16H18N2O5/c1-2-3-4-9-13(19)17-10-14(20)23-18-15(21)11-7-5-6-8-12(11)16(18)22/h5-8H,2-4,9-10H2,1H3,(H,17,19). The van der Waals surface area contributed by atoms with Crippen LogP contribution in [0.3, 0.4) is 0 Å². The molecule has 7 heteroatoms. The summed E-state index contributed by atoms with van der Waals surface area (Å²) in [5, 5.41) is 2.83. The molecule has 0 atom stereocenters. The van der Waals surface area contributed by atoms with Gasteiger partial charge in [-0.05, 0) is 18.6 Å². The molecule has 0 radical (unpaired) electrons. The van der Waals surface area contributed by atoms with Gasteiger partial charge in [-0.1, -0.05) is 37.0 Å². The third kappa shape index (κ3) is 3.94. The summed E-state index contributed by atoms with van der Waals surface area (Å²) in [7, 11) is 0. The Labute approximate surface area is 133 Å². The van der Waals surface area contributed by atoms with Gasteiger partial charge in [0.25, 0.3) is 11.8 Å². The second-order valence-corrected chi connectivity index (χ2v) is 5.15. The van der Waals surface area contributed by atoms with Gasteiger partial charge in [0.2, 0.25) is 5.91 Å². The lowest BCUT2D eigenvalue weighted by Gasteiger charge is -2.13. The molecule has 1 aliphatic rings. The first-order valence-corrected chi connectivity index (χ1v) is 7.50. The molecule has 0 unspecified atom stereocenters. The van der Waals surface area contributed by atoms with Gasteiger partial charge in [0.15, 0.2) is 0 Å². The SMILES string of the molecule is CCCCCC(=O)NCC(=O)ON1C(=O)c2ccccc2C1=O. The lowest BCUT2D eigenvalue weighted by molar-refractivity contribution is -0.167. The molecule has 0 fully saturated rings. The topological polar surface area (TPSA) is 92.8 Å². The second kappa shape index (κ2) is 7.53. The van der Waals surface area contributed by atoms with E-state index in [4.69, 9.17) is 4.84 Å². The first kappa shape index (κ1) is 16.7. The van der Waals surface area contributed by atoms with E-state index in [2.05, 4.69) is 5.32 Å². The Morgan fingerprint density at radius 3 is 2.26 bits per heavy atom. The predicted molar refractivity (Wildman–Crippen MR) is 80.2 cm³/mol. The van der Waals surface area contributed by atoms with Gasteiger partial charge in [-0.15, -0.1) is 0 Å². The Bertz CT molecular complexity index is 606. The van der Waals surface area contributed by atoms with Crippen molar-refractivity contribution in [2.75, 3.05) is 6.54 Å². The Morgan fingerprint density at radius 1 is 1.09 bits per heavy atom. The average Bonchev–Trinajstić information content (AvgIpc) is 2.79. The van der Waals surface area contributed by atoms with Crippen LogP contribution in [0.1, 0.15) is 53.3 Å². The molecule has 0 bridgehead atoms. The van der Waals surface area contributed by atoms with Crippen molar-refractivity contribution in [1.82, 2.24) is 10.4 Å². The molecule has 0 aromatic heterocycles. The third-order valence-electron chi connectivity index (χ3n) is 3.39. The maximum atomic E-state index is 12.0. The highest BCUT2D eigenvalue weighted by atomic mass is 16.7. The first-order chi connectivity index (χ1) is 11.0. The lowest BCUT2D eigenvalue weighted by atomic mass is 10.1. The van der Waals surface area contributed by atoms with Crippen LogP contribution in [0.4, 0.5) is 0 Å². The number of benzene rings is 1. The summed E-state index contributed by atoms with van der Waals surface area (Å²) >= 11 is 0. The quantitative estimate of drug-likeness (QED) is 0.606. The van der Waals surface area contributed by atoms with Crippen LogP contribution < -0.4 is 5.32 Å². The molecule has 0 saturated carbocycles. The van der Waals surface area contributed by atoms with E-state index in [9.17, 15) is 19.2 Å². The number of amides is 3. The number of carbonyl (C=O) groups excluding carboxylic acids is 4. The summed E-state index contributed by atoms with van der Waals surface area (Å²) < 4.78 is 0. The van der Waals surface area contributed by atoms with Crippen molar-refractivity contribution in [2.45, 2.75) is 32.6 Å². The van der Waals surface area contributed by atoms with Crippen LogP contribution in [0.5, 0.6) is 0 Å². The number of hydrogen-bond acceptors (Lipinski definition) is 5. The summed E-state index contributed by atoms with van der Waals surface area (Å²) in [6.07, 6.45) is 3.01. The number of hydrogen-bond donors (Lipinski definition) is 1. The number of nitrogens with one attached hydrogen (secondary N) is 1. The number of fused-ring (bicyclic) bond motifs is 1. The van der Waals surface area contributed by atoms with Crippen molar-refractivity contribution < 1.29 is 24.0 Å². The molecule has 1 aliphatic heterocycles. The molecule has 1 N–H and O–H groups in total. The third-order valence-corrected chi connectivity index (χ3v) is 3.39. The molecular formula is C16H18N2O5. The van der Waals surface area contributed by atoms with E-state index in [-0.39, 0.29) is 17.0 Å². The number of unbranched alkanes of at least 4 members (excludes halogenated alkanes) is 2. The van der Waals surface area contributed by atoms with Gasteiger partial charge in [0.05, 0.1) is 11.1 Å². The minimum atomic E-state index is -0.872. The molecule has 122 valence electrons. The molecule has 0 aliphatic carbocycles. The van der Waals surface area contributed by atoms with Gasteiger partial charge in [-0.25, -0.2) is 4.79 Å². The largest absolute Gasteiger partial charge is 0.352 e. The number of carbonyl (C=O) groups is 4. The lowest BCUT2D eigenvalue weighted by Crippen LogP contribution is -2.37. The molecule has 1 aromatic rings. The molecule has 7 nitrogen and oxygen atoms in total. The maximum absolute atomic E-state index is 12.0. The van der Waals surface area contributed by atoms with Gasteiger partial charge in [-0.3, -0.25) is 14.4 Å². The van der Waals surface area contributed by atoms with E-state index in [0.717, 1.165) is 19.3 Å². The Morgan fingerprint density at radius 2 is 1.70 bits per heavy atom. The zero-order valence-electron chi connectivity index (χ0n) is 12.8. The van der Waals surface area contributed by atoms with E-state index in [1.165, 1.54) is 12.1 Å². The second-order valence-electron chi connectivity index (χ2n) is 5.15. The van der Waals surface area contributed by atoms with Gasteiger partial charge in [0, 0.05) is 6.42 Å². The van der Waals surface area contributed by atoms with Gasteiger partial charge < -0.3 is 10.2 Å². The highest BCUT2D eigenvalue weighted by Crippen LogP contribution is 2.22. The monoisotopic (exact) mass is 318 g/mol. The summed E-state index contributed by atoms with van der Waals surface area (Å²) in [4.78, 5) is 52.0. The Balaban J connectivity index is 1.84. The van der Waals surface area contributed by atoms with Crippen molar-refractivity contribution in [3.63, 3.8) is 0 Å². The van der Waals surface area contributed by atoms with Gasteiger partial charge in [-0.2, -0.15) is 0 Å². The zero-order valence-corrected chi connectivity index (χ0v) is 12.8. The average molecular weight is 318 g/mol. The molecule has 2 rings (SSSR count). The number of hydroxylamine groups is 2. The molecule has 1 heterocycles. The normalized spacial score (nSPS) is 13.0. The zero-order chi connectivity index (χ0) is 16.8. The first-order valence-electron chi connectivity index (χ1n) is 7.50.